The monoisotopic (exact) mass is 374 g/mol. The average molecular weight is 374 g/mol. The largest absolute Gasteiger partial charge is 0.481 e. The third-order valence-corrected chi connectivity index (χ3v) is 4.97. The summed E-state index contributed by atoms with van der Waals surface area (Å²) in [6.07, 6.45) is 5.49. The Balaban J connectivity index is 1.78. The SMILES string of the molecule is COc1ncc(N=C2CCOCCC2=C(N)OC[C@H]2CCCNC2)cc1C. The molecule has 0 spiro atoms. The van der Waals surface area contributed by atoms with E-state index in [0.717, 1.165) is 35.6 Å². The van der Waals surface area contributed by atoms with Crippen LogP contribution in [0.3, 0.4) is 0 Å². The molecule has 7 nitrogen and oxygen atoms in total. The Kier molecular flexibility index (Phi) is 7.06. The van der Waals surface area contributed by atoms with Crippen molar-refractivity contribution < 1.29 is 14.2 Å². The second-order valence-electron chi connectivity index (χ2n) is 7.06. The van der Waals surface area contributed by atoms with Crippen LogP contribution >= 0.6 is 0 Å². The first-order valence-corrected chi connectivity index (χ1v) is 9.66. The van der Waals surface area contributed by atoms with Crippen molar-refractivity contribution in [2.75, 3.05) is 40.0 Å². The predicted octanol–water partition coefficient (Wildman–Crippen LogP) is 2.47. The number of hydrogen-bond donors (Lipinski definition) is 2. The summed E-state index contributed by atoms with van der Waals surface area (Å²) in [5.41, 5.74) is 9.92. The highest BCUT2D eigenvalue weighted by molar-refractivity contribution is 6.02. The standard InChI is InChI=1S/C20H30N4O3/c1-14-10-16(12-23-20(14)25-2)24-18-6-9-26-8-5-17(18)19(21)27-13-15-4-3-7-22-11-15/h10,12,15,22H,3-9,11,13,21H2,1-2H3/t15-/m0/s1. The maximum Gasteiger partial charge on any atom is 0.216 e. The van der Waals surface area contributed by atoms with Crippen molar-refractivity contribution >= 4 is 11.4 Å². The van der Waals surface area contributed by atoms with E-state index in [1.54, 1.807) is 13.3 Å². The molecule has 148 valence electrons. The Morgan fingerprint density at radius 2 is 2.26 bits per heavy atom. The lowest BCUT2D eigenvalue weighted by atomic mass is 10.0. The molecule has 0 unspecified atom stereocenters. The van der Waals surface area contributed by atoms with E-state index in [2.05, 4.69) is 10.3 Å². The van der Waals surface area contributed by atoms with E-state index in [-0.39, 0.29) is 0 Å². The number of rotatable bonds is 5. The van der Waals surface area contributed by atoms with Gasteiger partial charge in [0.05, 0.1) is 44.5 Å². The van der Waals surface area contributed by atoms with Gasteiger partial charge in [0.15, 0.2) is 5.88 Å². The van der Waals surface area contributed by atoms with Crippen molar-refractivity contribution in [2.45, 2.75) is 32.6 Å². The van der Waals surface area contributed by atoms with E-state index in [4.69, 9.17) is 24.9 Å². The lowest BCUT2D eigenvalue weighted by Gasteiger charge is -2.23. The van der Waals surface area contributed by atoms with Crippen LogP contribution < -0.4 is 15.8 Å². The number of piperidine rings is 1. The number of pyridine rings is 1. The lowest BCUT2D eigenvalue weighted by Crippen LogP contribution is -2.32. The Hall–Kier alpha value is -2.12. The van der Waals surface area contributed by atoms with Crippen molar-refractivity contribution in [3.63, 3.8) is 0 Å². The molecule has 0 aliphatic carbocycles. The van der Waals surface area contributed by atoms with E-state index in [0.29, 0.717) is 50.3 Å². The van der Waals surface area contributed by atoms with Crippen molar-refractivity contribution in [1.82, 2.24) is 10.3 Å². The highest BCUT2D eigenvalue weighted by Gasteiger charge is 2.19. The lowest BCUT2D eigenvalue weighted by molar-refractivity contribution is 0.138. The van der Waals surface area contributed by atoms with Gasteiger partial charge in [0.25, 0.3) is 0 Å². The molecular weight excluding hydrogens is 344 g/mol. The van der Waals surface area contributed by atoms with Gasteiger partial charge in [-0.2, -0.15) is 0 Å². The van der Waals surface area contributed by atoms with Crippen LogP contribution in [0.4, 0.5) is 5.69 Å². The number of nitrogens with two attached hydrogens (primary N) is 1. The highest BCUT2D eigenvalue weighted by atomic mass is 16.5. The number of nitrogens with one attached hydrogen (secondary N) is 1. The molecule has 3 heterocycles. The molecule has 0 radical (unpaired) electrons. The van der Waals surface area contributed by atoms with Crippen molar-refractivity contribution in [1.29, 1.82) is 0 Å². The average Bonchev–Trinajstić information content (AvgIpc) is 2.92. The molecule has 0 aromatic carbocycles. The number of aryl methyl sites for hydroxylation is 1. The zero-order valence-corrected chi connectivity index (χ0v) is 16.3. The quantitative estimate of drug-likeness (QED) is 0.770. The molecule has 0 saturated carbocycles. The van der Waals surface area contributed by atoms with Crippen molar-refractivity contribution in [2.24, 2.45) is 16.6 Å². The molecule has 1 aromatic rings. The smallest absolute Gasteiger partial charge is 0.216 e. The van der Waals surface area contributed by atoms with Crippen LogP contribution in [0, 0.1) is 12.8 Å². The molecule has 7 heteroatoms. The third kappa shape index (κ3) is 5.43. The first-order chi connectivity index (χ1) is 13.2. The second-order valence-corrected chi connectivity index (χ2v) is 7.06. The van der Waals surface area contributed by atoms with Crippen molar-refractivity contribution in [3.05, 3.63) is 29.3 Å². The van der Waals surface area contributed by atoms with Gasteiger partial charge in [0.2, 0.25) is 5.88 Å². The molecule has 2 fully saturated rings. The molecule has 3 N–H and O–H groups in total. The summed E-state index contributed by atoms with van der Waals surface area (Å²) in [6, 6.07) is 1.97. The van der Waals surface area contributed by atoms with Crippen LogP contribution in [0.25, 0.3) is 0 Å². The first kappa shape index (κ1) is 19.6. The number of aromatic nitrogens is 1. The Morgan fingerprint density at radius 3 is 3.00 bits per heavy atom. The van der Waals surface area contributed by atoms with Gasteiger partial charge in [-0.25, -0.2) is 4.98 Å². The summed E-state index contributed by atoms with van der Waals surface area (Å²) in [7, 11) is 1.62. The predicted molar refractivity (Wildman–Crippen MR) is 105 cm³/mol. The minimum absolute atomic E-state index is 0.475. The molecule has 3 rings (SSSR count). The summed E-state index contributed by atoms with van der Waals surface area (Å²) in [6.45, 7) is 5.94. The number of ether oxygens (including phenoxy) is 3. The number of methoxy groups -OCH3 is 1. The molecule has 2 aliphatic heterocycles. The summed E-state index contributed by atoms with van der Waals surface area (Å²) in [5.74, 6) is 1.60. The molecule has 1 atom stereocenters. The molecule has 0 amide bonds. The number of hydrogen-bond acceptors (Lipinski definition) is 7. The Morgan fingerprint density at radius 1 is 1.41 bits per heavy atom. The summed E-state index contributed by atoms with van der Waals surface area (Å²) < 4.78 is 16.8. The molecule has 27 heavy (non-hydrogen) atoms. The number of aliphatic imine (C=N–C) groups is 1. The van der Waals surface area contributed by atoms with Crippen LogP contribution in [0.5, 0.6) is 5.88 Å². The van der Waals surface area contributed by atoms with Crippen molar-refractivity contribution in [3.8, 4) is 5.88 Å². The number of nitrogens with zero attached hydrogens (tertiary/aromatic N) is 2. The highest BCUT2D eigenvalue weighted by Crippen LogP contribution is 2.24. The molecule has 2 saturated heterocycles. The molecule has 0 bridgehead atoms. The van der Waals surface area contributed by atoms with Crippen LogP contribution in [-0.4, -0.2) is 50.7 Å². The first-order valence-electron chi connectivity index (χ1n) is 9.66. The fourth-order valence-electron chi connectivity index (χ4n) is 3.47. The summed E-state index contributed by atoms with van der Waals surface area (Å²) >= 11 is 0. The minimum atomic E-state index is 0.475. The minimum Gasteiger partial charge on any atom is -0.481 e. The van der Waals surface area contributed by atoms with E-state index < -0.39 is 0 Å². The Bertz CT molecular complexity index is 696. The van der Waals surface area contributed by atoms with Crippen LogP contribution in [0.15, 0.2) is 28.7 Å². The zero-order chi connectivity index (χ0) is 19.1. The van der Waals surface area contributed by atoms with E-state index in [9.17, 15) is 0 Å². The molecule has 1 aromatic heterocycles. The zero-order valence-electron chi connectivity index (χ0n) is 16.3. The van der Waals surface area contributed by atoms with Gasteiger partial charge >= 0.3 is 0 Å². The second kappa shape index (κ2) is 9.71. The maximum absolute atomic E-state index is 6.32. The summed E-state index contributed by atoms with van der Waals surface area (Å²) in [5, 5.41) is 3.41. The Labute approximate surface area is 161 Å². The van der Waals surface area contributed by atoms with Gasteiger partial charge in [-0.1, -0.05) is 0 Å². The van der Waals surface area contributed by atoms with E-state index in [1.165, 1.54) is 12.8 Å². The van der Waals surface area contributed by atoms with Gasteiger partial charge in [-0.05, 0) is 32.4 Å². The summed E-state index contributed by atoms with van der Waals surface area (Å²) in [4.78, 5) is 9.11. The maximum atomic E-state index is 6.32. The van der Waals surface area contributed by atoms with Gasteiger partial charge in [-0.3, -0.25) is 4.99 Å². The van der Waals surface area contributed by atoms with Crippen LogP contribution in [0.2, 0.25) is 0 Å². The van der Waals surface area contributed by atoms with Gasteiger partial charge in [0.1, 0.15) is 0 Å². The van der Waals surface area contributed by atoms with E-state index >= 15 is 0 Å². The fourth-order valence-corrected chi connectivity index (χ4v) is 3.47. The van der Waals surface area contributed by atoms with Crippen LogP contribution in [-0.2, 0) is 9.47 Å². The van der Waals surface area contributed by atoms with Gasteiger partial charge in [-0.15, -0.1) is 0 Å². The topological polar surface area (TPSA) is 91.0 Å². The molecular formula is C20H30N4O3. The molecule has 2 aliphatic rings. The van der Waals surface area contributed by atoms with E-state index in [1.807, 2.05) is 13.0 Å². The fraction of sp³-hybridized carbons (Fsp3) is 0.600. The normalized spacial score (nSPS) is 24.4. The van der Waals surface area contributed by atoms with Gasteiger partial charge < -0.3 is 25.3 Å². The third-order valence-electron chi connectivity index (χ3n) is 4.97. The van der Waals surface area contributed by atoms with Crippen LogP contribution in [0.1, 0.15) is 31.2 Å². The van der Waals surface area contributed by atoms with Gasteiger partial charge in [0, 0.05) is 36.4 Å².